The molecule has 0 saturated heterocycles. The quantitative estimate of drug-likeness (QED) is 0.681. The van der Waals surface area contributed by atoms with Crippen molar-refractivity contribution in [2.24, 2.45) is 17.8 Å². The first-order valence-corrected chi connectivity index (χ1v) is 7.95. The zero-order chi connectivity index (χ0) is 15.9. The molecular weight excluding hydrogens is 276 g/mol. The van der Waals surface area contributed by atoms with Crippen molar-refractivity contribution in [2.75, 3.05) is 5.73 Å². The smallest absolute Gasteiger partial charge is 0.184 e. The molecule has 0 aromatic carbocycles. The summed E-state index contributed by atoms with van der Waals surface area (Å²) in [5.41, 5.74) is 8.47. The van der Waals surface area contributed by atoms with Gasteiger partial charge in [-0.05, 0) is 43.9 Å². The van der Waals surface area contributed by atoms with Gasteiger partial charge in [-0.1, -0.05) is 31.2 Å². The minimum atomic E-state index is 0.262. The number of hydrogen-bond acceptors (Lipinski definition) is 5. The maximum atomic E-state index is 5.89. The van der Waals surface area contributed by atoms with Crippen LogP contribution in [0, 0.1) is 17.8 Å². The Bertz CT molecular complexity index is 691. The number of hydrogen-bond donors (Lipinski definition) is 1. The predicted molar refractivity (Wildman–Crippen MR) is 87.1 cm³/mol. The molecular formula is C16H24N6. The SMILES string of the molecule is C=C(C)[C@@H]1CCC(C)[C@@H](C)[C@@H](n2nnc3c(N)ncnc32)C1. The van der Waals surface area contributed by atoms with E-state index in [1.165, 1.54) is 24.7 Å². The fraction of sp³-hybridized carbons (Fsp3) is 0.625. The Hall–Kier alpha value is -1.98. The summed E-state index contributed by atoms with van der Waals surface area (Å²) < 4.78 is 1.95. The van der Waals surface area contributed by atoms with Gasteiger partial charge in [-0.25, -0.2) is 14.6 Å². The van der Waals surface area contributed by atoms with Crippen LogP contribution in [-0.4, -0.2) is 25.0 Å². The van der Waals surface area contributed by atoms with Crippen molar-refractivity contribution in [1.82, 2.24) is 25.0 Å². The van der Waals surface area contributed by atoms with Crippen molar-refractivity contribution >= 4 is 17.0 Å². The summed E-state index contributed by atoms with van der Waals surface area (Å²) in [6.45, 7) is 10.9. The van der Waals surface area contributed by atoms with Crippen LogP contribution in [0.25, 0.3) is 11.2 Å². The normalized spacial score (nSPS) is 29.4. The molecule has 3 rings (SSSR count). The second-order valence-corrected chi connectivity index (χ2v) is 6.73. The number of fused-ring (bicyclic) bond motifs is 1. The van der Waals surface area contributed by atoms with Gasteiger partial charge in [0.15, 0.2) is 17.0 Å². The molecule has 2 aromatic heterocycles. The van der Waals surface area contributed by atoms with Gasteiger partial charge in [0.1, 0.15) is 6.33 Å². The molecule has 1 saturated carbocycles. The van der Waals surface area contributed by atoms with E-state index in [2.05, 4.69) is 47.6 Å². The van der Waals surface area contributed by atoms with Crippen LogP contribution in [0.3, 0.4) is 0 Å². The second kappa shape index (κ2) is 5.66. The first-order valence-electron chi connectivity index (χ1n) is 7.95. The second-order valence-electron chi connectivity index (χ2n) is 6.73. The lowest BCUT2D eigenvalue weighted by molar-refractivity contribution is 0.245. The summed E-state index contributed by atoms with van der Waals surface area (Å²) in [5, 5.41) is 8.55. The van der Waals surface area contributed by atoms with Gasteiger partial charge >= 0.3 is 0 Å². The molecule has 4 atom stereocenters. The van der Waals surface area contributed by atoms with Crippen LogP contribution in [-0.2, 0) is 0 Å². The average Bonchev–Trinajstić information content (AvgIpc) is 2.85. The minimum absolute atomic E-state index is 0.262. The Labute approximate surface area is 130 Å². The third-order valence-electron chi connectivity index (χ3n) is 5.30. The molecule has 0 spiro atoms. The summed E-state index contributed by atoms with van der Waals surface area (Å²) in [4.78, 5) is 8.36. The molecule has 0 amide bonds. The molecule has 0 bridgehead atoms. The largest absolute Gasteiger partial charge is 0.382 e. The van der Waals surface area contributed by atoms with E-state index >= 15 is 0 Å². The van der Waals surface area contributed by atoms with Gasteiger partial charge < -0.3 is 5.73 Å². The van der Waals surface area contributed by atoms with Gasteiger partial charge in [-0.15, -0.1) is 5.10 Å². The van der Waals surface area contributed by atoms with E-state index in [9.17, 15) is 0 Å². The number of rotatable bonds is 2. The lowest BCUT2D eigenvalue weighted by atomic mass is 9.87. The maximum absolute atomic E-state index is 5.89. The van der Waals surface area contributed by atoms with Gasteiger partial charge in [0.25, 0.3) is 0 Å². The maximum Gasteiger partial charge on any atom is 0.184 e. The Balaban J connectivity index is 2.05. The van der Waals surface area contributed by atoms with Crippen LogP contribution in [0.15, 0.2) is 18.5 Å². The molecule has 6 nitrogen and oxygen atoms in total. The highest BCUT2D eigenvalue weighted by atomic mass is 15.5. The van der Waals surface area contributed by atoms with Gasteiger partial charge in [0, 0.05) is 0 Å². The number of allylic oxidation sites excluding steroid dienone is 1. The van der Waals surface area contributed by atoms with Crippen molar-refractivity contribution in [3.05, 3.63) is 18.5 Å². The number of nitrogen functional groups attached to an aromatic ring is 1. The standard InChI is InChI=1S/C16H24N6/c1-9(2)12-6-5-10(3)11(4)13(7-12)22-16-14(20-21-22)15(17)18-8-19-16/h8,10-13H,1,5-7H2,2-4H3,(H2,17,18,19)/t10?,11-,12-,13+/m1/s1. The van der Waals surface area contributed by atoms with E-state index in [0.717, 1.165) is 12.1 Å². The molecule has 2 heterocycles. The Morgan fingerprint density at radius 3 is 2.82 bits per heavy atom. The van der Waals surface area contributed by atoms with Crippen LogP contribution in [0.1, 0.15) is 46.1 Å². The van der Waals surface area contributed by atoms with E-state index in [1.54, 1.807) is 0 Å². The zero-order valence-corrected chi connectivity index (χ0v) is 13.5. The average molecular weight is 300 g/mol. The highest BCUT2D eigenvalue weighted by Gasteiger charge is 2.33. The Morgan fingerprint density at radius 2 is 2.09 bits per heavy atom. The van der Waals surface area contributed by atoms with Gasteiger partial charge in [0.2, 0.25) is 0 Å². The fourth-order valence-electron chi connectivity index (χ4n) is 3.51. The highest BCUT2D eigenvalue weighted by molar-refractivity contribution is 5.80. The van der Waals surface area contributed by atoms with Crippen LogP contribution in [0.5, 0.6) is 0 Å². The molecule has 1 fully saturated rings. The van der Waals surface area contributed by atoms with Crippen LogP contribution in [0.4, 0.5) is 5.82 Å². The van der Waals surface area contributed by atoms with E-state index in [1.807, 2.05) is 4.68 Å². The van der Waals surface area contributed by atoms with Crippen LogP contribution < -0.4 is 5.73 Å². The summed E-state index contributed by atoms with van der Waals surface area (Å²) in [7, 11) is 0. The van der Waals surface area contributed by atoms with Gasteiger partial charge in [0.05, 0.1) is 6.04 Å². The van der Waals surface area contributed by atoms with E-state index in [-0.39, 0.29) is 6.04 Å². The minimum Gasteiger partial charge on any atom is -0.382 e. The number of nitrogens with two attached hydrogens (primary N) is 1. The molecule has 2 N–H and O–H groups in total. The van der Waals surface area contributed by atoms with Gasteiger partial charge in [-0.3, -0.25) is 0 Å². The highest BCUT2D eigenvalue weighted by Crippen LogP contribution is 2.41. The number of nitrogens with zero attached hydrogens (tertiary/aromatic N) is 5. The Morgan fingerprint density at radius 1 is 1.32 bits per heavy atom. The number of aromatic nitrogens is 5. The molecule has 22 heavy (non-hydrogen) atoms. The topological polar surface area (TPSA) is 82.5 Å². The Kier molecular flexibility index (Phi) is 3.85. The molecule has 1 aliphatic carbocycles. The summed E-state index contributed by atoms with van der Waals surface area (Å²) >= 11 is 0. The van der Waals surface area contributed by atoms with E-state index < -0.39 is 0 Å². The summed E-state index contributed by atoms with van der Waals surface area (Å²) in [6.07, 6.45) is 4.93. The monoisotopic (exact) mass is 300 g/mol. The molecule has 2 aromatic rings. The van der Waals surface area contributed by atoms with Crippen molar-refractivity contribution in [1.29, 1.82) is 0 Å². The fourth-order valence-corrected chi connectivity index (χ4v) is 3.51. The van der Waals surface area contributed by atoms with E-state index in [4.69, 9.17) is 5.73 Å². The molecule has 118 valence electrons. The third kappa shape index (κ3) is 2.46. The van der Waals surface area contributed by atoms with E-state index in [0.29, 0.717) is 29.1 Å². The third-order valence-corrected chi connectivity index (χ3v) is 5.30. The number of anilines is 1. The van der Waals surface area contributed by atoms with Crippen molar-refractivity contribution in [3.63, 3.8) is 0 Å². The molecule has 0 radical (unpaired) electrons. The first-order chi connectivity index (χ1) is 10.5. The predicted octanol–water partition coefficient (Wildman–Crippen LogP) is 2.99. The zero-order valence-electron chi connectivity index (χ0n) is 13.5. The summed E-state index contributed by atoms with van der Waals surface area (Å²) in [5.74, 6) is 2.05. The molecule has 0 aliphatic heterocycles. The van der Waals surface area contributed by atoms with Crippen molar-refractivity contribution in [3.8, 4) is 0 Å². The lowest BCUT2D eigenvalue weighted by Crippen LogP contribution is -2.23. The van der Waals surface area contributed by atoms with Gasteiger partial charge in [-0.2, -0.15) is 0 Å². The lowest BCUT2D eigenvalue weighted by Gasteiger charge is -2.27. The van der Waals surface area contributed by atoms with Crippen LogP contribution >= 0.6 is 0 Å². The molecule has 1 aliphatic rings. The van der Waals surface area contributed by atoms with Crippen LogP contribution in [0.2, 0.25) is 0 Å². The first kappa shape index (κ1) is 14.9. The van der Waals surface area contributed by atoms with Crippen molar-refractivity contribution < 1.29 is 0 Å². The summed E-state index contributed by atoms with van der Waals surface area (Å²) in [6, 6.07) is 0.262. The molecule has 6 heteroatoms. The molecule has 1 unspecified atom stereocenters. The van der Waals surface area contributed by atoms with Crippen molar-refractivity contribution in [2.45, 2.75) is 46.1 Å².